The van der Waals surface area contributed by atoms with Crippen LogP contribution in [0.15, 0.2) is 12.1 Å². The predicted molar refractivity (Wildman–Crippen MR) is 74.3 cm³/mol. The number of carboxylic acid groups (broad SMARTS) is 1. The molecule has 0 fully saturated rings. The van der Waals surface area contributed by atoms with E-state index in [0.717, 1.165) is 12.1 Å². The van der Waals surface area contributed by atoms with Crippen molar-refractivity contribution in [1.29, 1.82) is 0 Å². The third-order valence-electron chi connectivity index (χ3n) is 2.58. The van der Waals surface area contributed by atoms with E-state index in [0.29, 0.717) is 0 Å². The highest BCUT2D eigenvalue weighted by Gasteiger charge is 2.22. The van der Waals surface area contributed by atoms with Gasteiger partial charge in [-0.1, -0.05) is 0 Å². The SMILES string of the molecule is CC(Nc1ccc(C(=O)O)c(F)c1F)C(=O)NC(C)(C)C. The Bertz CT molecular complexity index is 568. The van der Waals surface area contributed by atoms with E-state index in [9.17, 15) is 18.4 Å². The molecule has 1 amide bonds. The molecule has 0 aromatic heterocycles. The highest BCUT2D eigenvalue weighted by molar-refractivity contribution is 5.89. The van der Waals surface area contributed by atoms with Gasteiger partial charge in [-0.15, -0.1) is 0 Å². The quantitative estimate of drug-likeness (QED) is 0.797. The van der Waals surface area contributed by atoms with Gasteiger partial charge in [-0.2, -0.15) is 0 Å². The number of hydrogen-bond donors (Lipinski definition) is 3. The minimum absolute atomic E-state index is 0.269. The van der Waals surface area contributed by atoms with Crippen LogP contribution in [0.25, 0.3) is 0 Å². The van der Waals surface area contributed by atoms with Crippen LogP contribution in [0.2, 0.25) is 0 Å². The van der Waals surface area contributed by atoms with Gasteiger partial charge in [-0.25, -0.2) is 13.6 Å². The Morgan fingerprint density at radius 2 is 1.76 bits per heavy atom. The van der Waals surface area contributed by atoms with Crippen molar-refractivity contribution in [3.8, 4) is 0 Å². The number of halogens is 2. The normalized spacial score (nSPS) is 12.7. The van der Waals surface area contributed by atoms with Crippen molar-refractivity contribution in [3.05, 3.63) is 29.3 Å². The molecule has 0 saturated heterocycles. The van der Waals surface area contributed by atoms with Crippen molar-refractivity contribution in [2.75, 3.05) is 5.32 Å². The van der Waals surface area contributed by atoms with Crippen molar-refractivity contribution >= 4 is 17.6 Å². The van der Waals surface area contributed by atoms with Gasteiger partial charge in [-0.05, 0) is 39.8 Å². The van der Waals surface area contributed by atoms with Crippen LogP contribution in [0.4, 0.5) is 14.5 Å². The van der Waals surface area contributed by atoms with E-state index >= 15 is 0 Å². The van der Waals surface area contributed by atoms with Crippen molar-refractivity contribution in [2.24, 2.45) is 0 Å². The summed E-state index contributed by atoms with van der Waals surface area (Å²) in [6.45, 7) is 6.86. The summed E-state index contributed by atoms with van der Waals surface area (Å²) in [6, 6.07) is 1.22. The maximum atomic E-state index is 13.8. The molecule has 0 radical (unpaired) electrons. The molecular weight excluding hydrogens is 282 g/mol. The topological polar surface area (TPSA) is 78.4 Å². The first kappa shape index (κ1) is 16.9. The molecule has 0 bridgehead atoms. The first-order valence-corrected chi connectivity index (χ1v) is 6.33. The molecule has 7 heteroatoms. The number of hydrogen-bond acceptors (Lipinski definition) is 3. The molecule has 0 aliphatic rings. The Labute approximate surface area is 121 Å². The van der Waals surface area contributed by atoms with Crippen LogP contribution in [0.3, 0.4) is 0 Å². The van der Waals surface area contributed by atoms with E-state index in [4.69, 9.17) is 5.11 Å². The summed E-state index contributed by atoms with van der Waals surface area (Å²) < 4.78 is 27.3. The van der Waals surface area contributed by atoms with Crippen LogP contribution in [-0.2, 0) is 4.79 Å². The van der Waals surface area contributed by atoms with Gasteiger partial charge < -0.3 is 15.7 Å². The van der Waals surface area contributed by atoms with Gasteiger partial charge in [0, 0.05) is 5.54 Å². The second-order valence-corrected chi connectivity index (χ2v) is 5.70. The summed E-state index contributed by atoms with van der Waals surface area (Å²) in [6.07, 6.45) is 0. The molecular formula is C14H18F2N2O3. The Morgan fingerprint density at radius 1 is 1.19 bits per heavy atom. The highest BCUT2D eigenvalue weighted by Crippen LogP contribution is 2.21. The van der Waals surface area contributed by atoms with E-state index in [-0.39, 0.29) is 11.6 Å². The standard InChI is InChI=1S/C14H18F2N2O3/c1-7(12(19)18-14(2,3)4)17-9-6-5-8(13(20)21)10(15)11(9)16/h5-7,17H,1-4H3,(H,18,19)(H,20,21). The fourth-order valence-corrected chi connectivity index (χ4v) is 1.60. The van der Waals surface area contributed by atoms with Gasteiger partial charge in [-0.3, -0.25) is 4.79 Å². The lowest BCUT2D eigenvalue weighted by Gasteiger charge is -2.24. The van der Waals surface area contributed by atoms with E-state index in [1.165, 1.54) is 6.92 Å². The lowest BCUT2D eigenvalue weighted by Crippen LogP contribution is -2.47. The Balaban J connectivity index is 2.91. The number of nitrogens with one attached hydrogen (secondary N) is 2. The van der Waals surface area contributed by atoms with Gasteiger partial charge in [0.1, 0.15) is 6.04 Å². The predicted octanol–water partition coefficient (Wildman–Crippen LogP) is 2.38. The van der Waals surface area contributed by atoms with E-state index in [2.05, 4.69) is 10.6 Å². The summed E-state index contributed by atoms with van der Waals surface area (Å²) in [5.41, 5.74) is -1.48. The summed E-state index contributed by atoms with van der Waals surface area (Å²) in [5.74, 6) is -4.73. The first-order valence-electron chi connectivity index (χ1n) is 6.33. The number of aromatic carboxylic acids is 1. The summed E-state index contributed by atoms with van der Waals surface area (Å²) in [5, 5.41) is 13.9. The largest absolute Gasteiger partial charge is 0.478 e. The molecule has 1 unspecified atom stereocenters. The number of carbonyl (C=O) groups is 2. The zero-order chi connectivity index (χ0) is 16.4. The summed E-state index contributed by atoms with van der Waals surface area (Å²) >= 11 is 0. The van der Waals surface area contributed by atoms with Gasteiger partial charge in [0.2, 0.25) is 5.91 Å². The van der Waals surface area contributed by atoms with Crippen LogP contribution in [0.1, 0.15) is 38.1 Å². The van der Waals surface area contributed by atoms with Crippen LogP contribution < -0.4 is 10.6 Å². The molecule has 0 saturated carbocycles. The van der Waals surface area contributed by atoms with E-state index < -0.39 is 34.7 Å². The van der Waals surface area contributed by atoms with Gasteiger partial charge in [0.05, 0.1) is 11.3 Å². The number of benzene rings is 1. The molecule has 1 rings (SSSR count). The summed E-state index contributed by atoms with van der Waals surface area (Å²) in [7, 11) is 0. The monoisotopic (exact) mass is 300 g/mol. The molecule has 0 heterocycles. The molecule has 0 aliphatic carbocycles. The molecule has 0 aliphatic heterocycles. The average Bonchev–Trinajstić information content (AvgIpc) is 2.32. The zero-order valence-electron chi connectivity index (χ0n) is 12.3. The minimum atomic E-state index is -1.56. The van der Waals surface area contributed by atoms with E-state index in [1.807, 2.05) is 0 Å². The highest BCUT2D eigenvalue weighted by atomic mass is 19.2. The Hall–Kier alpha value is -2.18. The third kappa shape index (κ3) is 4.40. The molecule has 1 aromatic carbocycles. The maximum Gasteiger partial charge on any atom is 0.338 e. The number of carboxylic acids is 1. The van der Waals surface area contributed by atoms with Crippen molar-refractivity contribution in [1.82, 2.24) is 5.32 Å². The van der Waals surface area contributed by atoms with Crippen molar-refractivity contribution in [2.45, 2.75) is 39.3 Å². The fourth-order valence-electron chi connectivity index (χ4n) is 1.60. The van der Waals surface area contributed by atoms with Crippen LogP contribution >= 0.6 is 0 Å². The first-order chi connectivity index (χ1) is 9.53. The van der Waals surface area contributed by atoms with Crippen LogP contribution in [-0.4, -0.2) is 28.6 Å². The van der Waals surface area contributed by atoms with Crippen LogP contribution in [0.5, 0.6) is 0 Å². The number of anilines is 1. The fraction of sp³-hybridized carbons (Fsp3) is 0.429. The molecule has 116 valence electrons. The number of amides is 1. The molecule has 1 aromatic rings. The molecule has 3 N–H and O–H groups in total. The smallest absolute Gasteiger partial charge is 0.338 e. The van der Waals surface area contributed by atoms with E-state index in [1.54, 1.807) is 20.8 Å². The molecule has 0 spiro atoms. The number of rotatable bonds is 4. The molecule has 1 atom stereocenters. The van der Waals surface area contributed by atoms with Gasteiger partial charge >= 0.3 is 5.97 Å². The van der Waals surface area contributed by atoms with Crippen molar-refractivity contribution < 1.29 is 23.5 Å². The Kier molecular flexibility index (Phi) is 4.88. The van der Waals surface area contributed by atoms with Gasteiger partial charge in [0.25, 0.3) is 0 Å². The number of carbonyl (C=O) groups excluding carboxylic acids is 1. The maximum absolute atomic E-state index is 13.8. The van der Waals surface area contributed by atoms with Gasteiger partial charge in [0.15, 0.2) is 11.6 Å². The molecule has 5 nitrogen and oxygen atoms in total. The average molecular weight is 300 g/mol. The second-order valence-electron chi connectivity index (χ2n) is 5.70. The third-order valence-corrected chi connectivity index (χ3v) is 2.58. The zero-order valence-corrected chi connectivity index (χ0v) is 12.3. The van der Waals surface area contributed by atoms with Crippen molar-refractivity contribution in [3.63, 3.8) is 0 Å². The van der Waals surface area contributed by atoms with Crippen LogP contribution in [0, 0.1) is 11.6 Å². The lowest BCUT2D eigenvalue weighted by atomic mass is 10.1. The Morgan fingerprint density at radius 3 is 2.24 bits per heavy atom. The minimum Gasteiger partial charge on any atom is -0.478 e. The second kappa shape index (κ2) is 6.07. The lowest BCUT2D eigenvalue weighted by molar-refractivity contribution is -0.122. The molecule has 21 heavy (non-hydrogen) atoms. The summed E-state index contributed by atoms with van der Waals surface area (Å²) in [4.78, 5) is 22.5.